The molecule has 0 spiro atoms. The molecule has 6 nitrogen and oxygen atoms in total. The number of phenolic OH excluding ortho intramolecular Hbond substituents is 1. The maximum atomic E-state index is 12.1. The highest BCUT2D eigenvalue weighted by atomic mass is 16.3. The van der Waals surface area contributed by atoms with E-state index in [1.54, 1.807) is 24.3 Å². The van der Waals surface area contributed by atoms with Crippen LogP contribution in [-0.4, -0.2) is 27.4 Å². The molecule has 2 aromatic carbocycles. The number of amides is 1. The first-order valence-electron chi connectivity index (χ1n) is 7.37. The van der Waals surface area contributed by atoms with Crippen LogP contribution in [0.2, 0.25) is 0 Å². The van der Waals surface area contributed by atoms with Gasteiger partial charge in [-0.3, -0.25) is 9.89 Å². The van der Waals surface area contributed by atoms with Gasteiger partial charge >= 0.3 is 0 Å². The van der Waals surface area contributed by atoms with Gasteiger partial charge in [0.1, 0.15) is 11.4 Å². The molecule has 1 amide bonds. The first kappa shape index (κ1) is 15.5. The van der Waals surface area contributed by atoms with E-state index in [0.29, 0.717) is 17.0 Å². The summed E-state index contributed by atoms with van der Waals surface area (Å²) in [5, 5.41) is 20.4. The molecule has 1 heterocycles. The summed E-state index contributed by atoms with van der Waals surface area (Å²) in [5.41, 5.74) is 5.83. The summed E-state index contributed by atoms with van der Waals surface area (Å²) in [6.07, 6.45) is 1.40. The number of aromatic amines is 1. The molecule has 0 fully saturated rings. The number of benzene rings is 2. The normalized spacial score (nSPS) is 10.9. The number of aryl methyl sites for hydroxylation is 1. The summed E-state index contributed by atoms with van der Waals surface area (Å²) in [6.45, 7) is 1.91. The molecule has 24 heavy (non-hydrogen) atoms. The molecule has 0 unspecified atom stereocenters. The predicted molar refractivity (Wildman–Crippen MR) is 91.9 cm³/mol. The van der Waals surface area contributed by atoms with Crippen LogP contribution in [0.1, 0.15) is 21.6 Å². The number of hydrogen-bond donors (Lipinski definition) is 3. The Bertz CT molecular complexity index is 885. The molecule has 120 valence electrons. The Morgan fingerprint density at radius 2 is 2.00 bits per heavy atom. The maximum Gasteiger partial charge on any atom is 0.289 e. The van der Waals surface area contributed by atoms with Gasteiger partial charge in [0.15, 0.2) is 0 Å². The summed E-state index contributed by atoms with van der Waals surface area (Å²) < 4.78 is 0. The van der Waals surface area contributed by atoms with Crippen molar-refractivity contribution in [3.05, 3.63) is 71.4 Å². The van der Waals surface area contributed by atoms with E-state index < -0.39 is 5.91 Å². The molecular weight excluding hydrogens is 304 g/mol. The minimum Gasteiger partial charge on any atom is -0.507 e. The number of carbonyl (C=O) groups excluding carboxylic acids is 1. The Morgan fingerprint density at radius 1 is 1.21 bits per heavy atom. The summed E-state index contributed by atoms with van der Waals surface area (Å²) in [6, 6.07) is 16.4. The number of hydrazone groups is 1. The highest BCUT2D eigenvalue weighted by Gasteiger charge is 2.10. The van der Waals surface area contributed by atoms with Crippen LogP contribution in [-0.2, 0) is 0 Å². The average molecular weight is 320 g/mol. The van der Waals surface area contributed by atoms with Gasteiger partial charge in [0.05, 0.1) is 11.9 Å². The number of hydrogen-bond acceptors (Lipinski definition) is 4. The monoisotopic (exact) mass is 320 g/mol. The molecule has 0 atom stereocenters. The molecule has 6 heteroatoms. The standard InChI is InChI=1S/C18H16N4O2/c1-12-7-8-17(23)14(9-12)11-19-22-18(24)16-10-15(20-21-16)13-5-3-2-4-6-13/h2-11,23H,1H3,(H,20,21)(H,22,24)/b19-11-. The zero-order chi connectivity index (χ0) is 16.9. The molecule has 0 aliphatic carbocycles. The molecule has 0 saturated carbocycles. The molecule has 0 saturated heterocycles. The fourth-order valence-corrected chi connectivity index (χ4v) is 2.19. The van der Waals surface area contributed by atoms with E-state index in [0.717, 1.165) is 11.1 Å². The topological polar surface area (TPSA) is 90.4 Å². The Morgan fingerprint density at radius 3 is 2.79 bits per heavy atom. The van der Waals surface area contributed by atoms with Crippen molar-refractivity contribution in [2.45, 2.75) is 6.92 Å². The van der Waals surface area contributed by atoms with Crippen LogP contribution >= 0.6 is 0 Å². The molecule has 3 aromatic rings. The Kier molecular flexibility index (Phi) is 4.38. The third kappa shape index (κ3) is 3.49. The number of aromatic nitrogens is 2. The van der Waals surface area contributed by atoms with Crippen molar-refractivity contribution in [3.63, 3.8) is 0 Å². The Labute approximate surface area is 138 Å². The summed E-state index contributed by atoms with van der Waals surface area (Å²) in [4.78, 5) is 12.1. The number of rotatable bonds is 4. The predicted octanol–water partition coefficient (Wildman–Crippen LogP) is 2.85. The number of nitrogens with one attached hydrogen (secondary N) is 2. The van der Waals surface area contributed by atoms with E-state index in [1.807, 2.05) is 37.3 Å². The van der Waals surface area contributed by atoms with E-state index in [-0.39, 0.29) is 5.75 Å². The highest BCUT2D eigenvalue weighted by molar-refractivity contribution is 5.94. The van der Waals surface area contributed by atoms with Crippen molar-refractivity contribution < 1.29 is 9.90 Å². The number of carbonyl (C=O) groups is 1. The van der Waals surface area contributed by atoms with Gasteiger partial charge in [-0.2, -0.15) is 10.2 Å². The fourth-order valence-electron chi connectivity index (χ4n) is 2.19. The van der Waals surface area contributed by atoms with E-state index >= 15 is 0 Å². The lowest BCUT2D eigenvalue weighted by Gasteiger charge is -2.00. The zero-order valence-corrected chi connectivity index (χ0v) is 13.0. The van der Waals surface area contributed by atoms with Crippen LogP contribution in [0.3, 0.4) is 0 Å². The van der Waals surface area contributed by atoms with E-state index in [1.165, 1.54) is 6.21 Å². The van der Waals surface area contributed by atoms with Crippen LogP contribution in [0.15, 0.2) is 59.7 Å². The molecule has 3 N–H and O–H groups in total. The Balaban J connectivity index is 1.68. The number of phenols is 1. The van der Waals surface area contributed by atoms with Crippen molar-refractivity contribution in [3.8, 4) is 17.0 Å². The largest absolute Gasteiger partial charge is 0.507 e. The molecular formula is C18H16N4O2. The van der Waals surface area contributed by atoms with E-state index in [9.17, 15) is 9.90 Å². The molecule has 3 rings (SSSR count). The minimum absolute atomic E-state index is 0.103. The highest BCUT2D eigenvalue weighted by Crippen LogP contribution is 2.17. The van der Waals surface area contributed by atoms with Gasteiger partial charge in [0.25, 0.3) is 5.91 Å². The fraction of sp³-hybridized carbons (Fsp3) is 0.0556. The first-order valence-corrected chi connectivity index (χ1v) is 7.37. The number of aromatic hydroxyl groups is 1. The van der Waals surface area contributed by atoms with Crippen LogP contribution in [0.5, 0.6) is 5.75 Å². The average Bonchev–Trinajstić information content (AvgIpc) is 3.09. The Hall–Kier alpha value is -3.41. The van der Waals surface area contributed by atoms with Gasteiger partial charge in [0, 0.05) is 11.1 Å². The lowest BCUT2D eigenvalue weighted by molar-refractivity contribution is 0.0950. The zero-order valence-electron chi connectivity index (χ0n) is 13.0. The van der Waals surface area contributed by atoms with E-state index in [2.05, 4.69) is 20.7 Å². The second kappa shape index (κ2) is 6.78. The van der Waals surface area contributed by atoms with Gasteiger partial charge in [0.2, 0.25) is 0 Å². The van der Waals surface area contributed by atoms with Gasteiger partial charge in [-0.1, -0.05) is 42.0 Å². The van der Waals surface area contributed by atoms with Crippen LogP contribution in [0, 0.1) is 6.92 Å². The van der Waals surface area contributed by atoms with Crippen molar-refractivity contribution in [1.29, 1.82) is 0 Å². The second-order valence-electron chi connectivity index (χ2n) is 5.29. The third-order valence-electron chi connectivity index (χ3n) is 3.44. The van der Waals surface area contributed by atoms with Gasteiger partial charge in [-0.05, 0) is 25.1 Å². The second-order valence-corrected chi connectivity index (χ2v) is 5.29. The van der Waals surface area contributed by atoms with Crippen LogP contribution in [0.25, 0.3) is 11.3 Å². The number of H-pyrrole nitrogens is 1. The minimum atomic E-state index is -0.409. The quantitative estimate of drug-likeness (QED) is 0.510. The van der Waals surface area contributed by atoms with Crippen molar-refractivity contribution in [1.82, 2.24) is 15.6 Å². The molecule has 0 aliphatic rings. The summed E-state index contributed by atoms with van der Waals surface area (Å²) in [5.74, 6) is -0.306. The lowest BCUT2D eigenvalue weighted by atomic mass is 10.1. The molecule has 1 aromatic heterocycles. The van der Waals surface area contributed by atoms with Crippen molar-refractivity contribution >= 4 is 12.1 Å². The van der Waals surface area contributed by atoms with Crippen LogP contribution in [0.4, 0.5) is 0 Å². The van der Waals surface area contributed by atoms with E-state index in [4.69, 9.17) is 0 Å². The van der Waals surface area contributed by atoms with Crippen molar-refractivity contribution in [2.75, 3.05) is 0 Å². The number of nitrogens with zero attached hydrogens (tertiary/aromatic N) is 2. The molecule has 0 radical (unpaired) electrons. The summed E-state index contributed by atoms with van der Waals surface area (Å²) >= 11 is 0. The van der Waals surface area contributed by atoms with Gasteiger partial charge in [-0.25, -0.2) is 5.43 Å². The maximum absolute atomic E-state index is 12.1. The SMILES string of the molecule is Cc1ccc(O)c(/C=N\NC(=O)c2cc(-c3ccccc3)n[nH]2)c1. The molecule has 0 aliphatic heterocycles. The van der Waals surface area contributed by atoms with Crippen LogP contribution < -0.4 is 5.43 Å². The van der Waals surface area contributed by atoms with Gasteiger partial charge < -0.3 is 5.11 Å². The van der Waals surface area contributed by atoms with Gasteiger partial charge in [-0.15, -0.1) is 0 Å². The summed E-state index contributed by atoms with van der Waals surface area (Å²) in [7, 11) is 0. The molecule has 0 bridgehead atoms. The van der Waals surface area contributed by atoms with Crippen molar-refractivity contribution in [2.24, 2.45) is 5.10 Å². The lowest BCUT2D eigenvalue weighted by Crippen LogP contribution is -2.18. The first-order chi connectivity index (χ1) is 11.6. The smallest absolute Gasteiger partial charge is 0.289 e. The third-order valence-corrected chi connectivity index (χ3v) is 3.44.